The second kappa shape index (κ2) is 4.78. The minimum absolute atomic E-state index is 0.258. The Hall–Kier alpha value is -2.16. The number of nitrogens with two attached hydrogens (primary N) is 1. The Morgan fingerprint density at radius 2 is 1.88 bits per heavy atom. The van der Waals surface area contributed by atoms with Gasteiger partial charge in [-0.15, -0.1) is 0 Å². The fraction of sp³-hybridized carbons (Fsp3) is 0.143. The van der Waals surface area contributed by atoms with Gasteiger partial charge in [0.1, 0.15) is 11.5 Å². The molecule has 3 nitrogen and oxygen atoms in total. The van der Waals surface area contributed by atoms with Crippen LogP contribution in [0.4, 0.5) is 5.69 Å². The molecular weight excluding hydrogens is 214 g/mol. The topological polar surface area (TPSA) is 55.5 Å². The fourth-order valence-electron chi connectivity index (χ4n) is 1.73. The van der Waals surface area contributed by atoms with Crippen LogP contribution >= 0.6 is 0 Å². The van der Waals surface area contributed by atoms with Crippen molar-refractivity contribution in [3.63, 3.8) is 0 Å². The number of ether oxygens (including phenoxy) is 1. The summed E-state index contributed by atoms with van der Waals surface area (Å²) in [6.45, 7) is 0. The molecule has 17 heavy (non-hydrogen) atoms. The van der Waals surface area contributed by atoms with Gasteiger partial charge in [0.05, 0.1) is 7.11 Å². The maximum Gasteiger partial charge on any atom is 0.119 e. The third-order valence-electron chi connectivity index (χ3n) is 2.72. The van der Waals surface area contributed by atoms with Gasteiger partial charge in [-0.25, -0.2) is 0 Å². The van der Waals surface area contributed by atoms with Gasteiger partial charge in [0, 0.05) is 17.7 Å². The van der Waals surface area contributed by atoms with Crippen molar-refractivity contribution in [2.75, 3.05) is 12.8 Å². The standard InChI is InChI=1S/C14H15NO2/c1-17-12-6-7-14(16)11(9-12)8-10-4-2-3-5-13(10)15/h2-7,9,16H,8,15H2,1H3. The van der Waals surface area contributed by atoms with Crippen LogP contribution in [0, 0.1) is 0 Å². The normalized spacial score (nSPS) is 10.2. The first-order valence-electron chi connectivity index (χ1n) is 5.40. The first kappa shape index (κ1) is 11.3. The summed E-state index contributed by atoms with van der Waals surface area (Å²) in [5, 5.41) is 9.79. The zero-order chi connectivity index (χ0) is 12.3. The Balaban J connectivity index is 2.32. The van der Waals surface area contributed by atoms with Crippen LogP contribution in [0.1, 0.15) is 11.1 Å². The fourth-order valence-corrected chi connectivity index (χ4v) is 1.73. The lowest BCUT2D eigenvalue weighted by Crippen LogP contribution is -1.96. The summed E-state index contributed by atoms with van der Waals surface area (Å²) in [6.07, 6.45) is 0.593. The van der Waals surface area contributed by atoms with E-state index in [9.17, 15) is 5.11 Å². The second-order valence-electron chi connectivity index (χ2n) is 3.87. The Labute approximate surface area is 100 Å². The molecular formula is C14H15NO2. The van der Waals surface area contributed by atoms with E-state index in [1.165, 1.54) is 0 Å². The maximum atomic E-state index is 9.79. The van der Waals surface area contributed by atoms with Crippen molar-refractivity contribution in [1.82, 2.24) is 0 Å². The molecule has 88 valence electrons. The summed E-state index contributed by atoms with van der Waals surface area (Å²) in [4.78, 5) is 0. The Kier molecular flexibility index (Phi) is 3.19. The van der Waals surface area contributed by atoms with Crippen LogP contribution < -0.4 is 10.5 Å². The first-order chi connectivity index (χ1) is 8.20. The summed E-state index contributed by atoms with van der Waals surface area (Å²) in [7, 11) is 1.60. The number of benzene rings is 2. The molecule has 0 saturated carbocycles. The largest absolute Gasteiger partial charge is 0.508 e. The number of nitrogen functional groups attached to an aromatic ring is 1. The predicted molar refractivity (Wildman–Crippen MR) is 68.3 cm³/mol. The highest BCUT2D eigenvalue weighted by Crippen LogP contribution is 2.26. The van der Waals surface area contributed by atoms with Crippen LogP contribution in [0.15, 0.2) is 42.5 Å². The molecule has 3 heteroatoms. The van der Waals surface area contributed by atoms with Gasteiger partial charge in [0.25, 0.3) is 0 Å². The van der Waals surface area contributed by atoms with Gasteiger partial charge in [-0.3, -0.25) is 0 Å². The van der Waals surface area contributed by atoms with Crippen LogP contribution in [0.2, 0.25) is 0 Å². The van der Waals surface area contributed by atoms with Crippen molar-refractivity contribution >= 4 is 5.69 Å². The third-order valence-corrected chi connectivity index (χ3v) is 2.72. The number of hydrogen-bond donors (Lipinski definition) is 2. The van der Waals surface area contributed by atoms with E-state index in [-0.39, 0.29) is 5.75 Å². The molecule has 0 atom stereocenters. The zero-order valence-electron chi connectivity index (χ0n) is 9.68. The van der Waals surface area contributed by atoms with Crippen molar-refractivity contribution < 1.29 is 9.84 Å². The van der Waals surface area contributed by atoms with Crippen LogP contribution in [0.5, 0.6) is 11.5 Å². The number of aromatic hydroxyl groups is 1. The van der Waals surface area contributed by atoms with E-state index in [4.69, 9.17) is 10.5 Å². The Morgan fingerprint density at radius 1 is 1.12 bits per heavy atom. The molecule has 0 heterocycles. The van der Waals surface area contributed by atoms with E-state index >= 15 is 0 Å². The van der Waals surface area contributed by atoms with Crippen LogP contribution in [0.25, 0.3) is 0 Å². The maximum absolute atomic E-state index is 9.79. The molecule has 0 unspecified atom stereocenters. The van der Waals surface area contributed by atoms with E-state index in [0.717, 1.165) is 22.6 Å². The first-order valence-corrected chi connectivity index (χ1v) is 5.40. The third kappa shape index (κ3) is 2.50. The van der Waals surface area contributed by atoms with Crippen molar-refractivity contribution in [2.24, 2.45) is 0 Å². The smallest absolute Gasteiger partial charge is 0.119 e. The van der Waals surface area contributed by atoms with Crippen molar-refractivity contribution in [3.05, 3.63) is 53.6 Å². The van der Waals surface area contributed by atoms with Crippen LogP contribution in [0.3, 0.4) is 0 Å². The predicted octanol–water partition coefficient (Wildman–Crippen LogP) is 2.57. The molecule has 2 rings (SSSR count). The second-order valence-corrected chi connectivity index (χ2v) is 3.87. The van der Waals surface area contributed by atoms with Gasteiger partial charge >= 0.3 is 0 Å². The quantitative estimate of drug-likeness (QED) is 0.795. The molecule has 3 N–H and O–H groups in total. The summed E-state index contributed by atoms with van der Waals surface area (Å²) in [5.74, 6) is 0.987. The van der Waals surface area contributed by atoms with E-state index in [1.54, 1.807) is 19.2 Å². The molecule has 2 aromatic carbocycles. The Morgan fingerprint density at radius 3 is 2.59 bits per heavy atom. The van der Waals surface area contributed by atoms with Crippen molar-refractivity contribution in [3.8, 4) is 11.5 Å². The summed E-state index contributed by atoms with van der Waals surface area (Å²) in [5.41, 5.74) is 8.41. The minimum Gasteiger partial charge on any atom is -0.508 e. The summed E-state index contributed by atoms with van der Waals surface area (Å²) in [6, 6.07) is 12.8. The van der Waals surface area contributed by atoms with E-state index < -0.39 is 0 Å². The molecule has 0 aliphatic rings. The molecule has 0 saturated heterocycles. The number of phenols is 1. The van der Waals surface area contributed by atoms with Crippen LogP contribution in [-0.2, 0) is 6.42 Å². The molecule has 0 aromatic heterocycles. The molecule has 0 amide bonds. The molecule has 0 radical (unpaired) electrons. The molecule has 0 spiro atoms. The highest BCUT2D eigenvalue weighted by atomic mass is 16.5. The average molecular weight is 229 g/mol. The number of hydrogen-bond acceptors (Lipinski definition) is 3. The molecule has 0 aliphatic carbocycles. The number of rotatable bonds is 3. The highest BCUT2D eigenvalue weighted by Gasteiger charge is 2.06. The molecule has 0 bridgehead atoms. The van der Waals surface area contributed by atoms with Gasteiger partial charge in [-0.05, 0) is 29.8 Å². The van der Waals surface area contributed by atoms with Gasteiger partial charge < -0.3 is 15.6 Å². The van der Waals surface area contributed by atoms with Gasteiger partial charge in [-0.1, -0.05) is 18.2 Å². The van der Waals surface area contributed by atoms with Crippen molar-refractivity contribution in [1.29, 1.82) is 0 Å². The molecule has 0 aliphatic heterocycles. The lowest BCUT2D eigenvalue weighted by molar-refractivity contribution is 0.411. The van der Waals surface area contributed by atoms with E-state index in [2.05, 4.69) is 0 Å². The minimum atomic E-state index is 0.258. The summed E-state index contributed by atoms with van der Waals surface area (Å²) < 4.78 is 5.14. The van der Waals surface area contributed by atoms with Crippen LogP contribution in [-0.4, -0.2) is 12.2 Å². The van der Waals surface area contributed by atoms with Gasteiger partial charge in [-0.2, -0.15) is 0 Å². The van der Waals surface area contributed by atoms with Gasteiger partial charge in [0.15, 0.2) is 0 Å². The lowest BCUT2D eigenvalue weighted by Gasteiger charge is -2.09. The lowest BCUT2D eigenvalue weighted by atomic mass is 10.0. The van der Waals surface area contributed by atoms with E-state index in [1.807, 2.05) is 30.3 Å². The summed E-state index contributed by atoms with van der Waals surface area (Å²) >= 11 is 0. The Bertz CT molecular complexity index is 523. The number of phenolic OH excluding ortho intramolecular Hbond substituents is 1. The number of methoxy groups -OCH3 is 1. The molecule has 2 aromatic rings. The van der Waals surface area contributed by atoms with Crippen molar-refractivity contribution in [2.45, 2.75) is 6.42 Å². The van der Waals surface area contributed by atoms with Gasteiger partial charge in [0.2, 0.25) is 0 Å². The van der Waals surface area contributed by atoms with E-state index in [0.29, 0.717) is 6.42 Å². The molecule has 0 fully saturated rings. The average Bonchev–Trinajstić information content (AvgIpc) is 2.35. The number of para-hydroxylation sites is 1. The number of anilines is 1. The SMILES string of the molecule is COc1ccc(O)c(Cc2ccccc2N)c1. The highest BCUT2D eigenvalue weighted by molar-refractivity contribution is 5.51. The monoisotopic (exact) mass is 229 g/mol. The zero-order valence-corrected chi connectivity index (χ0v) is 9.68.